The third kappa shape index (κ3) is 3.92. The number of hydrogen-bond acceptors (Lipinski definition) is 4. The first-order valence-electron chi connectivity index (χ1n) is 8.60. The van der Waals surface area contributed by atoms with Crippen LogP contribution < -0.4 is 5.32 Å². The highest BCUT2D eigenvalue weighted by atomic mass is 16.2. The van der Waals surface area contributed by atoms with E-state index in [0.29, 0.717) is 6.54 Å². The summed E-state index contributed by atoms with van der Waals surface area (Å²) in [5.74, 6) is -0.279. The predicted molar refractivity (Wildman–Crippen MR) is 100 cm³/mol. The second-order valence-electron chi connectivity index (χ2n) is 6.05. The number of carbonyl (C=O) groups excluding carboxylic acids is 1. The fourth-order valence-electron chi connectivity index (χ4n) is 2.82. The Kier molecular flexibility index (Phi) is 4.74. The summed E-state index contributed by atoms with van der Waals surface area (Å²) in [5.41, 5.74) is 2.11. The van der Waals surface area contributed by atoms with Gasteiger partial charge in [-0.1, -0.05) is 53.7 Å². The Bertz CT molecular complexity index is 995. The molecule has 0 saturated heterocycles. The minimum absolute atomic E-state index is 0.236. The third-order valence-corrected chi connectivity index (χ3v) is 4.18. The molecule has 7 nitrogen and oxygen atoms in total. The van der Waals surface area contributed by atoms with Gasteiger partial charge in [0.2, 0.25) is 0 Å². The van der Waals surface area contributed by atoms with Gasteiger partial charge < -0.3 is 5.32 Å². The summed E-state index contributed by atoms with van der Waals surface area (Å²) in [4.78, 5) is 12.7. The summed E-state index contributed by atoms with van der Waals surface area (Å²) in [6.07, 6.45) is 5.21. The number of hydrogen-bond donors (Lipinski definition) is 1. The van der Waals surface area contributed by atoms with E-state index in [-0.39, 0.29) is 17.6 Å². The lowest BCUT2D eigenvalue weighted by molar-refractivity contribution is 0.0926. The van der Waals surface area contributed by atoms with Gasteiger partial charge in [0.1, 0.15) is 0 Å². The minimum Gasteiger partial charge on any atom is -0.342 e. The monoisotopic (exact) mass is 358 g/mol. The fourth-order valence-corrected chi connectivity index (χ4v) is 2.82. The van der Waals surface area contributed by atoms with E-state index in [4.69, 9.17) is 0 Å². The van der Waals surface area contributed by atoms with Crippen molar-refractivity contribution in [1.29, 1.82) is 0 Å². The zero-order valence-corrected chi connectivity index (χ0v) is 14.5. The van der Waals surface area contributed by atoms with Crippen molar-refractivity contribution in [3.8, 4) is 5.69 Å². The summed E-state index contributed by atoms with van der Waals surface area (Å²) in [5, 5.41) is 15.3. The summed E-state index contributed by atoms with van der Waals surface area (Å²) in [7, 11) is 0. The number of carbonyl (C=O) groups is 1. The number of nitrogens with zero attached hydrogens (tertiary/aromatic N) is 5. The molecular weight excluding hydrogens is 340 g/mol. The van der Waals surface area contributed by atoms with Gasteiger partial charge in [0, 0.05) is 12.4 Å². The van der Waals surface area contributed by atoms with Crippen molar-refractivity contribution in [3.63, 3.8) is 0 Å². The molecule has 7 heteroatoms. The fraction of sp³-hybridized carbons (Fsp3) is 0.100. The van der Waals surface area contributed by atoms with Crippen molar-refractivity contribution >= 4 is 5.91 Å². The molecule has 4 aromatic rings. The van der Waals surface area contributed by atoms with Crippen LogP contribution in [0.15, 0.2) is 85.3 Å². The maximum Gasteiger partial charge on any atom is 0.274 e. The van der Waals surface area contributed by atoms with Crippen LogP contribution in [0, 0.1) is 0 Å². The molecule has 0 fully saturated rings. The molecule has 0 saturated carbocycles. The largest absolute Gasteiger partial charge is 0.342 e. The van der Waals surface area contributed by atoms with Crippen LogP contribution in [0.25, 0.3) is 5.69 Å². The van der Waals surface area contributed by atoms with Crippen molar-refractivity contribution in [2.75, 3.05) is 0 Å². The van der Waals surface area contributed by atoms with Gasteiger partial charge in [-0.05, 0) is 23.8 Å². The van der Waals surface area contributed by atoms with Crippen LogP contribution in [0.3, 0.4) is 0 Å². The molecular formula is C20H18N6O. The van der Waals surface area contributed by atoms with E-state index < -0.39 is 0 Å². The van der Waals surface area contributed by atoms with E-state index in [0.717, 1.165) is 11.3 Å². The molecule has 0 aliphatic carbocycles. The van der Waals surface area contributed by atoms with Crippen LogP contribution in [0.4, 0.5) is 0 Å². The molecule has 4 rings (SSSR count). The number of rotatable bonds is 6. The van der Waals surface area contributed by atoms with E-state index in [2.05, 4.69) is 20.7 Å². The highest BCUT2D eigenvalue weighted by Crippen LogP contribution is 2.16. The number of aromatic nitrogens is 5. The Labute approximate surface area is 156 Å². The molecule has 0 aliphatic heterocycles. The first-order chi connectivity index (χ1) is 13.3. The Balaban J connectivity index is 1.54. The van der Waals surface area contributed by atoms with Gasteiger partial charge in [0.05, 0.1) is 24.5 Å². The van der Waals surface area contributed by atoms with Crippen molar-refractivity contribution in [2.24, 2.45) is 0 Å². The lowest BCUT2D eigenvalue weighted by Gasteiger charge is -2.18. The maximum atomic E-state index is 12.7. The van der Waals surface area contributed by atoms with E-state index in [1.54, 1.807) is 21.8 Å². The molecule has 2 aromatic heterocycles. The van der Waals surface area contributed by atoms with Gasteiger partial charge in [-0.15, -0.1) is 5.10 Å². The van der Waals surface area contributed by atoms with Gasteiger partial charge in [-0.3, -0.25) is 9.48 Å². The van der Waals surface area contributed by atoms with E-state index >= 15 is 0 Å². The SMILES string of the molecule is O=C(N[C@H](Cn1cccn1)c1ccccc1)c1cn(-c2ccccc2)nn1. The molecule has 0 aliphatic rings. The Morgan fingerprint density at radius 1 is 1.00 bits per heavy atom. The lowest BCUT2D eigenvalue weighted by atomic mass is 10.1. The zero-order valence-electron chi connectivity index (χ0n) is 14.5. The second-order valence-corrected chi connectivity index (χ2v) is 6.05. The number of amides is 1. The van der Waals surface area contributed by atoms with Gasteiger partial charge >= 0.3 is 0 Å². The molecule has 0 bridgehead atoms. The topological polar surface area (TPSA) is 77.6 Å². The Morgan fingerprint density at radius 3 is 2.44 bits per heavy atom. The molecule has 1 atom stereocenters. The Hall–Kier alpha value is -3.74. The lowest BCUT2D eigenvalue weighted by Crippen LogP contribution is -2.31. The van der Waals surface area contributed by atoms with Crippen LogP contribution in [-0.4, -0.2) is 30.7 Å². The highest BCUT2D eigenvalue weighted by Gasteiger charge is 2.19. The average molecular weight is 358 g/mol. The summed E-state index contributed by atoms with van der Waals surface area (Å²) in [6, 6.07) is 21.0. The van der Waals surface area contributed by atoms with Crippen LogP contribution in [0.5, 0.6) is 0 Å². The van der Waals surface area contributed by atoms with Crippen LogP contribution in [0.2, 0.25) is 0 Å². The van der Waals surface area contributed by atoms with E-state index in [1.807, 2.05) is 72.9 Å². The normalized spacial score (nSPS) is 11.9. The predicted octanol–water partition coefficient (Wildman–Crippen LogP) is 2.64. The zero-order chi connectivity index (χ0) is 18.5. The van der Waals surface area contributed by atoms with Gasteiger partial charge in [-0.2, -0.15) is 5.10 Å². The van der Waals surface area contributed by atoms with Gasteiger partial charge in [0.25, 0.3) is 5.91 Å². The molecule has 27 heavy (non-hydrogen) atoms. The van der Waals surface area contributed by atoms with Gasteiger partial charge in [-0.25, -0.2) is 4.68 Å². The van der Waals surface area contributed by atoms with Crippen LogP contribution in [0.1, 0.15) is 22.1 Å². The average Bonchev–Trinajstić information content (AvgIpc) is 3.41. The van der Waals surface area contributed by atoms with Crippen molar-refractivity contribution < 1.29 is 4.79 Å². The number of para-hydroxylation sites is 1. The molecule has 2 heterocycles. The second kappa shape index (κ2) is 7.65. The third-order valence-electron chi connectivity index (χ3n) is 4.18. The summed E-state index contributed by atoms with van der Waals surface area (Å²) < 4.78 is 3.37. The molecule has 1 N–H and O–H groups in total. The first kappa shape index (κ1) is 16.7. The standard InChI is InChI=1S/C20H18N6O/c27-20(19-15-26(24-23-19)17-10-5-2-6-11-17)22-18(14-25-13-7-12-21-25)16-8-3-1-4-9-16/h1-13,15,18H,14H2,(H,22,27)/t18-/m1/s1. The smallest absolute Gasteiger partial charge is 0.274 e. The van der Waals surface area contributed by atoms with Crippen LogP contribution >= 0.6 is 0 Å². The van der Waals surface area contributed by atoms with E-state index in [9.17, 15) is 4.79 Å². The van der Waals surface area contributed by atoms with Crippen molar-refractivity contribution in [2.45, 2.75) is 12.6 Å². The van der Waals surface area contributed by atoms with Crippen molar-refractivity contribution in [3.05, 3.63) is 96.6 Å². The molecule has 2 aromatic carbocycles. The molecule has 1 amide bonds. The van der Waals surface area contributed by atoms with E-state index in [1.165, 1.54) is 0 Å². The van der Waals surface area contributed by atoms with Gasteiger partial charge in [0.15, 0.2) is 5.69 Å². The van der Waals surface area contributed by atoms with Crippen LogP contribution in [-0.2, 0) is 6.54 Å². The Morgan fingerprint density at radius 2 is 1.74 bits per heavy atom. The minimum atomic E-state index is -0.279. The molecule has 0 spiro atoms. The quantitative estimate of drug-likeness (QED) is 0.575. The number of nitrogens with one attached hydrogen (secondary N) is 1. The first-order valence-corrected chi connectivity index (χ1v) is 8.60. The molecule has 134 valence electrons. The summed E-state index contributed by atoms with van der Waals surface area (Å²) >= 11 is 0. The van der Waals surface area contributed by atoms with Crippen molar-refractivity contribution in [1.82, 2.24) is 30.1 Å². The molecule has 0 radical (unpaired) electrons. The summed E-state index contributed by atoms with van der Waals surface area (Å²) in [6.45, 7) is 0.523. The maximum absolute atomic E-state index is 12.7. The number of benzene rings is 2. The highest BCUT2D eigenvalue weighted by molar-refractivity contribution is 5.92. The molecule has 0 unspecified atom stereocenters.